The molecule has 192 valence electrons. The van der Waals surface area contributed by atoms with Crippen molar-refractivity contribution in [2.45, 2.75) is 76.2 Å². The van der Waals surface area contributed by atoms with Crippen LogP contribution in [0.4, 0.5) is 0 Å². The monoisotopic (exact) mass is 500 g/mol. The summed E-state index contributed by atoms with van der Waals surface area (Å²) < 4.78 is 29.1. The largest absolute Gasteiger partial charge is 0.504 e. The highest BCUT2D eigenvalue weighted by Gasteiger charge is 2.91. The molecule has 0 amide bonds. The molecule has 10 nitrogen and oxygen atoms in total. The lowest BCUT2D eigenvalue weighted by atomic mass is 9.38. The fraction of sp³-hybridized carbons (Fsp3) is 0.654. The van der Waals surface area contributed by atoms with Gasteiger partial charge in [-0.2, -0.15) is 0 Å². The number of aliphatic hydroxyl groups excluding tert-OH is 2. The number of rotatable bonds is 1. The first kappa shape index (κ1) is 22.5. The van der Waals surface area contributed by atoms with Gasteiger partial charge in [-0.1, -0.05) is 6.92 Å². The van der Waals surface area contributed by atoms with E-state index in [-0.39, 0.29) is 19.4 Å². The predicted octanol–water partition coefficient (Wildman–Crippen LogP) is 1.91. The Balaban J connectivity index is 1.49. The summed E-state index contributed by atoms with van der Waals surface area (Å²) in [6.07, 6.45) is -0.817. The molecular formula is C26H28O10. The molecule has 36 heavy (non-hydrogen) atoms. The molecule has 2 spiro atoms. The van der Waals surface area contributed by atoms with E-state index in [1.54, 1.807) is 33.8 Å². The van der Waals surface area contributed by atoms with Crippen LogP contribution >= 0.6 is 0 Å². The predicted molar refractivity (Wildman–Crippen MR) is 117 cm³/mol. The number of ether oxygens (including phenoxy) is 4. The van der Waals surface area contributed by atoms with Crippen molar-refractivity contribution < 1.29 is 48.0 Å². The molecule has 6 aliphatic rings. The molecule has 5 heterocycles. The minimum absolute atomic E-state index is 0.0503. The van der Waals surface area contributed by atoms with Crippen LogP contribution in [0.1, 0.15) is 52.2 Å². The number of hydrogen-bond donors (Lipinski definition) is 2. The summed E-state index contributed by atoms with van der Waals surface area (Å²) in [5, 5.41) is 23.4. The number of esters is 2. The second-order valence-electron chi connectivity index (χ2n) is 12.0. The molecule has 1 aromatic heterocycles. The lowest BCUT2D eigenvalue weighted by Crippen LogP contribution is -2.74. The fourth-order valence-corrected chi connectivity index (χ4v) is 8.90. The third kappa shape index (κ3) is 2.06. The molecule has 9 atom stereocenters. The number of epoxide rings is 1. The van der Waals surface area contributed by atoms with Crippen molar-refractivity contribution in [2.75, 3.05) is 6.61 Å². The summed E-state index contributed by atoms with van der Waals surface area (Å²) in [6.45, 7) is 6.87. The van der Waals surface area contributed by atoms with Crippen LogP contribution in [0.3, 0.4) is 0 Å². The summed E-state index contributed by atoms with van der Waals surface area (Å²) in [5.74, 6) is -2.72. The first-order valence-electron chi connectivity index (χ1n) is 12.3. The zero-order valence-corrected chi connectivity index (χ0v) is 20.4. The van der Waals surface area contributed by atoms with Crippen molar-refractivity contribution in [3.8, 4) is 0 Å². The lowest BCUT2D eigenvalue weighted by Gasteiger charge is -2.64. The van der Waals surface area contributed by atoms with Gasteiger partial charge in [0, 0.05) is 11.1 Å². The molecule has 5 fully saturated rings. The Morgan fingerprint density at radius 1 is 1.06 bits per heavy atom. The SMILES string of the molecule is CC1(C)OC2CC(=O)OC[C@@]23C1=C(O)C(=O)[C@]1(C)[C@@H]3CC(O)[C@@]2(C)C(c3ccoc3)OC(=O)C3O[C@]321. The van der Waals surface area contributed by atoms with Gasteiger partial charge in [-0.3, -0.25) is 9.59 Å². The summed E-state index contributed by atoms with van der Waals surface area (Å²) in [4.78, 5) is 39.8. The highest BCUT2D eigenvalue weighted by atomic mass is 16.7. The third-order valence-electron chi connectivity index (χ3n) is 10.3. The van der Waals surface area contributed by atoms with Crippen LogP contribution in [0, 0.1) is 22.2 Å². The van der Waals surface area contributed by atoms with Crippen molar-refractivity contribution in [2.24, 2.45) is 22.2 Å². The average molecular weight is 501 g/mol. The Hall–Kier alpha value is -2.69. The molecule has 1 saturated carbocycles. The van der Waals surface area contributed by atoms with E-state index in [0.717, 1.165) is 0 Å². The van der Waals surface area contributed by atoms with Crippen LogP contribution in [-0.2, 0) is 33.3 Å². The summed E-state index contributed by atoms with van der Waals surface area (Å²) >= 11 is 0. The third-order valence-corrected chi connectivity index (χ3v) is 10.3. The molecular weight excluding hydrogens is 472 g/mol. The number of ketones is 1. The minimum atomic E-state index is -1.47. The zero-order chi connectivity index (χ0) is 25.6. The van der Waals surface area contributed by atoms with E-state index in [9.17, 15) is 24.6 Å². The topological polar surface area (TPSA) is 145 Å². The van der Waals surface area contributed by atoms with Gasteiger partial charge in [0.25, 0.3) is 0 Å². The van der Waals surface area contributed by atoms with Gasteiger partial charge in [-0.05, 0) is 39.2 Å². The maximum Gasteiger partial charge on any atom is 0.339 e. The number of Topliss-reactive ketones (excluding diaryl/α,β-unsaturated/α-hetero) is 1. The van der Waals surface area contributed by atoms with Crippen molar-refractivity contribution in [1.29, 1.82) is 0 Å². The first-order valence-corrected chi connectivity index (χ1v) is 12.3. The quantitative estimate of drug-likeness (QED) is 0.433. The first-order chi connectivity index (χ1) is 16.9. The number of furan rings is 1. The van der Waals surface area contributed by atoms with Crippen molar-refractivity contribution in [3.05, 3.63) is 35.5 Å². The van der Waals surface area contributed by atoms with Crippen LogP contribution in [0.25, 0.3) is 0 Å². The second kappa shape index (κ2) is 6.23. The number of hydrogen-bond acceptors (Lipinski definition) is 10. The van der Waals surface area contributed by atoms with E-state index in [4.69, 9.17) is 23.4 Å². The number of carbonyl (C=O) groups excluding carboxylic acids is 3. The molecule has 4 aliphatic heterocycles. The standard InChI is InChI=1S/C26H28O10/c1-22(2)17-16(29)18(30)23(3)12(25(17)10-33-15(28)8-14(25)35-22)7-13(27)24(4)19(11-5-6-32-9-11)34-21(31)20-26(23,24)36-20/h5-6,9,12-14,19-20,27,29H,7-8,10H2,1-4H3/t12-,13?,14?,19?,20?,23-,24-,25-,26-/m0/s1. The van der Waals surface area contributed by atoms with Gasteiger partial charge in [-0.15, -0.1) is 0 Å². The van der Waals surface area contributed by atoms with E-state index < -0.39 is 81.3 Å². The summed E-state index contributed by atoms with van der Waals surface area (Å²) in [7, 11) is 0. The molecule has 0 radical (unpaired) electrons. The molecule has 10 heteroatoms. The van der Waals surface area contributed by atoms with Gasteiger partial charge in [0.15, 0.2) is 11.9 Å². The van der Waals surface area contributed by atoms with E-state index >= 15 is 0 Å². The summed E-state index contributed by atoms with van der Waals surface area (Å²) in [6, 6.07) is 1.65. The molecule has 2 N–H and O–H groups in total. The molecule has 7 rings (SSSR count). The number of fused-ring (bicyclic) bond motifs is 1. The van der Waals surface area contributed by atoms with Crippen LogP contribution in [-0.4, -0.2) is 64.1 Å². The zero-order valence-electron chi connectivity index (χ0n) is 20.4. The maximum absolute atomic E-state index is 14.3. The van der Waals surface area contributed by atoms with Gasteiger partial charge in [0.2, 0.25) is 5.78 Å². The van der Waals surface area contributed by atoms with Crippen LogP contribution < -0.4 is 0 Å². The highest BCUT2D eigenvalue weighted by Crippen LogP contribution is 2.79. The fourth-order valence-electron chi connectivity index (χ4n) is 8.90. The van der Waals surface area contributed by atoms with Gasteiger partial charge in [-0.25, -0.2) is 4.79 Å². The van der Waals surface area contributed by atoms with E-state index in [0.29, 0.717) is 11.1 Å². The van der Waals surface area contributed by atoms with Gasteiger partial charge < -0.3 is 33.6 Å². The number of allylic oxidation sites excluding steroid dienone is 1. The van der Waals surface area contributed by atoms with Crippen molar-refractivity contribution in [3.63, 3.8) is 0 Å². The van der Waals surface area contributed by atoms with Gasteiger partial charge >= 0.3 is 11.9 Å². The van der Waals surface area contributed by atoms with Crippen molar-refractivity contribution in [1.82, 2.24) is 0 Å². The van der Waals surface area contributed by atoms with Crippen LogP contribution in [0.2, 0.25) is 0 Å². The van der Waals surface area contributed by atoms with E-state index in [1.807, 2.05) is 0 Å². The Kier molecular flexibility index (Phi) is 3.89. The Morgan fingerprint density at radius 3 is 2.50 bits per heavy atom. The molecule has 4 unspecified atom stereocenters. The molecule has 2 aliphatic carbocycles. The Labute approximate surface area is 206 Å². The van der Waals surface area contributed by atoms with Gasteiger partial charge in [0.05, 0.1) is 53.0 Å². The number of aliphatic hydroxyl groups is 2. The lowest BCUT2D eigenvalue weighted by molar-refractivity contribution is -0.240. The van der Waals surface area contributed by atoms with E-state index in [1.165, 1.54) is 12.5 Å². The van der Waals surface area contributed by atoms with Crippen molar-refractivity contribution >= 4 is 17.7 Å². The molecule has 0 aromatic carbocycles. The van der Waals surface area contributed by atoms with Gasteiger partial charge in [0.1, 0.15) is 18.3 Å². The Morgan fingerprint density at radius 2 is 1.81 bits per heavy atom. The average Bonchev–Trinajstić information content (AvgIpc) is 3.28. The highest BCUT2D eigenvalue weighted by molar-refractivity contribution is 6.03. The second-order valence-corrected chi connectivity index (χ2v) is 12.0. The smallest absolute Gasteiger partial charge is 0.339 e. The molecule has 1 aromatic rings. The number of cyclic esters (lactones) is 2. The number of carbonyl (C=O) groups is 3. The summed E-state index contributed by atoms with van der Waals surface area (Å²) in [5.41, 5.74) is -5.34. The Bertz CT molecular complexity index is 1260. The molecule has 4 saturated heterocycles. The van der Waals surface area contributed by atoms with Crippen LogP contribution in [0.5, 0.6) is 0 Å². The normalized spacial score (nSPS) is 50.2. The molecule has 0 bridgehead atoms. The van der Waals surface area contributed by atoms with E-state index in [2.05, 4.69) is 0 Å². The minimum Gasteiger partial charge on any atom is -0.504 e. The maximum atomic E-state index is 14.3. The van der Waals surface area contributed by atoms with Crippen LogP contribution in [0.15, 0.2) is 34.3 Å².